The van der Waals surface area contributed by atoms with Gasteiger partial charge in [0.2, 0.25) is 0 Å². The highest BCUT2D eigenvalue weighted by atomic mass is 32.1. The molecule has 1 aromatic rings. The fourth-order valence-electron chi connectivity index (χ4n) is 4.60. The molecule has 2 fully saturated rings. The second-order valence-electron chi connectivity index (χ2n) is 7.86. The molecule has 1 N–H and O–H groups in total. The van der Waals surface area contributed by atoms with Crippen molar-refractivity contribution in [2.45, 2.75) is 20.4 Å². The van der Waals surface area contributed by atoms with Crippen LogP contribution in [0.5, 0.6) is 0 Å². The normalized spacial score (nSPS) is 28.4. The zero-order valence-corrected chi connectivity index (χ0v) is 18.4. The molecule has 166 valence electrons. The zero-order chi connectivity index (χ0) is 21.5. The Morgan fingerprint density at radius 1 is 1.37 bits per heavy atom. The number of carbonyl (C=O) groups is 2. The van der Waals surface area contributed by atoms with Crippen molar-refractivity contribution in [1.29, 1.82) is 0 Å². The molecular weight excluding hydrogens is 406 g/mol. The van der Waals surface area contributed by atoms with Gasteiger partial charge in [0.05, 0.1) is 25.7 Å². The molecular formula is C21H31N3O5S. The topological polar surface area (TPSA) is 92.2 Å². The summed E-state index contributed by atoms with van der Waals surface area (Å²) >= 11 is 1.78. The number of fused-ring (bicyclic) bond motifs is 1. The molecule has 0 bridgehead atoms. The molecule has 3 aliphatic rings. The molecule has 0 amide bonds. The number of rotatable bonds is 5. The summed E-state index contributed by atoms with van der Waals surface area (Å²) in [6.45, 7) is 10.5. The quantitative estimate of drug-likeness (QED) is 0.425. The summed E-state index contributed by atoms with van der Waals surface area (Å²) in [4.78, 5) is 31.6. The molecule has 0 aromatic carbocycles. The van der Waals surface area contributed by atoms with Gasteiger partial charge in [-0.2, -0.15) is 0 Å². The van der Waals surface area contributed by atoms with Crippen LogP contribution in [0, 0.1) is 23.7 Å². The Balaban J connectivity index is 0.000000806. The fourth-order valence-corrected chi connectivity index (χ4v) is 5.61. The lowest BCUT2D eigenvalue weighted by Crippen LogP contribution is -2.37. The van der Waals surface area contributed by atoms with Crippen LogP contribution in [0.3, 0.4) is 0 Å². The van der Waals surface area contributed by atoms with Crippen molar-refractivity contribution in [1.82, 2.24) is 9.88 Å². The summed E-state index contributed by atoms with van der Waals surface area (Å²) in [5.41, 5.74) is 0. The number of nitrogens with zero attached hydrogens (tertiary/aromatic N) is 3. The fraction of sp³-hybridized carbons (Fsp3) is 0.667. The Labute approximate surface area is 181 Å². The van der Waals surface area contributed by atoms with Gasteiger partial charge < -0.3 is 19.5 Å². The summed E-state index contributed by atoms with van der Waals surface area (Å²) < 4.78 is 10.8. The van der Waals surface area contributed by atoms with E-state index in [-0.39, 0.29) is 24.3 Å². The molecule has 30 heavy (non-hydrogen) atoms. The predicted octanol–water partition coefficient (Wildman–Crippen LogP) is 2.11. The molecule has 4 rings (SSSR count). The largest absolute Gasteiger partial charge is 0.483 e. The maximum absolute atomic E-state index is 12.5. The molecule has 0 radical (unpaired) electrons. The maximum atomic E-state index is 12.5. The third-order valence-corrected chi connectivity index (χ3v) is 6.98. The first-order valence-corrected chi connectivity index (χ1v) is 11.3. The lowest BCUT2D eigenvalue weighted by molar-refractivity contribution is -0.152. The molecule has 9 heteroatoms. The smallest absolute Gasteiger partial charge is 0.309 e. The van der Waals surface area contributed by atoms with Crippen molar-refractivity contribution in [3.63, 3.8) is 0 Å². The first kappa shape index (κ1) is 22.7. The number of morpholine rings is 1. The van der Waals surface area contributed by atoms with Gasteiger partial charge in [0, 0.05) is 43.8 Å². The van der Waals surface area contributed by atoms with Gasteiger partial charge in [-0.1, -0.05) is 19.1 Å². The summed E-state index contributed by atoms with van der Waals surface area (Å²) in [5.74, 6) is 1.01. The number of ether oxygens (including phenoxy) is 2. The van der Waals surface area contributed by atoms with E-state index in [2.05, 4.69) is 33.9 Å². The average molecular weight is 438 g/mol. The number of aromatic nitrogens is 1. The molecule has 1 aliphatic carbocycles. The summed E-state index contributed by atoms with van der Waals surface area (Å²) in [5, 5.41) is 7.99. The van der Waals surface area contributed by atoms with Crippen LogP contribution in [0.25, 0.3) is 0 Å². The van der Waals surface area contributed by atoms with Crippen molar-refractivity contribution < 1.29 is 24.2 Å². The zero-order valence-electron chi connectivity index (χ0n) is 17.6. The Bertz CT molecular complexity index is 734. The van der Waals surface area contributed by atoms with E-state index in [4.69, 9.17) is 19.4 Å². The Morgan fingerprint density at radius 3 is 2.80 bits per heavy atom. The Morgan fingerprint density at radius 2 is 2.10 bits per heavy atom. The highest BCUT2D eigenvalue weighted by molar-refractivity contribution is 7.15. The van der Waals surface area contributed by atoms with Gasteiger partial charge in [-0.15, -0.1) is 11.3 Å². The van der Waals surface area contributed by atoms with Crippen molar-refractivity contribution in [3.05, 3.63) is 23.2 Å². The summed E-state index contributed by atoms with van der Waals surface area (Å²) in [6.07, 6.45) is 6.53. The first-order valence-electron chi connectivity index (χ1n) is 10.5. The van der Waals surface area contributed by atoms with E-state index in [0.29, 0.717) is 18.4 Å². The van der Waals surface area contributed by atoms with Crippen LogP contribution in [0.1, 0.15) is 18.7 Å². The lowest BCUT2D eigenvalue weighted by Gasteiger charge is -2.32. The van der Waals surface area contributed by atoms with E-state index < -0.39 is 0 Å². The number of anilines is 1. The van der Waals surface area contributed by atoms with Gasteiger partial charge in [-0.3, -0.25) is 14.5 Å². The van der Waals surface area contributed by atoms with Crippen molar-refractivity contribution in [2.75, 3.05) is 50.9 Å². The van der Waals surface area contributed by atoms with E-state index in [1.54, 1.807) is 11.3 Å². The molecule has 0 saturated carbocycles. The van der Waals surface area contributed by atoms with Gasteiger partial charge in [-0.25, -0.2) is 4.98 Å². The molecule has 4 atom stereocenters. The molecule has 8 nitrogen and oxygen atoms in total. The standard InChI is InChI=1S/C20H29N3O3S.CH2O2/c1-3-26-19(24)18-14(2)4-5-15-11-22(13-17(15)18)12-16-10-21-20(27-16)23-6-8-25-9-7-23;2-1-3/h4-5,10,14-15,17-18H,3,6-9,11-13H2,1-2H3;1H,(H,2,3)/t14-,15-,17+,18+;/m0./s1. The second kappa shape index (κ2) is 10.9. The monoisotopic (exact) mass is 437 g/mol. The third kappa shape index (κ3) is 5.39. The van der Waals surface area contributed by atoms with Crippen molar-refractivity contribution >= 4 is 28.9 Å². The van der Waals surface area contributed by atoms with Gasteiger partial charge in [-0.05, 0) is 24.7 Å². The van der Waals surface area contributed by atoms with Gasteiger partial charge >= 0.3 is 5.97 Å². The predicted molar refractivity (Wildman–Crippen MR) is 115 cm³/mol. The summed E-state index contributed by atoms with van der Waals surface area (Å²) in [7, 11) is 0. The van der Waals surface area contributed by atoms with E-state index in [0.717, 1.165) is 51.1 Å². The van der Waals surface area contributed by atoms with Crippen molar-refractivity contribution in [3.8, 4) is 0 Å². The maximum Gasteiger partial charge on any atom is 0.309 e. The average Bonchev–Trinajstić information content (AvgIpc) is 3.36. The van der Waals surface area contributed by atoms with Crippen LogP contribution in [0.2, 0.25) is 0 Å². The van der Waals surface area contributed by atoms with Crippen LogP contribution in [-0.4, -0.2) is 73.4 Å². The van der Waals surface area contributed by atoms with E-state index in [1.165, 1.54) is 4.88 Å². The molecule has 2 aliphatic heterocycles. The lowest BCUT2D eigenvalue weighted by atomic mass is 9.72. The molecule has 2 saturated heterocycles. The summed E-state index contributed by atoms with van der Waals surface area (Å²) in [6, 6.07) is 0. The minimum Gasteiger partial charge on any atom is -0.483 e. The van der Waals surface area contributed by atoms with E-state index in [9.17, 15) is 4.79 Å². The van der Waals surface area contributed by atoms with Crippen LogP contribution in [0.15, 0.2) is 18.3 Å². The number of esters is 1. The van der Waals surface area contributed by atoms with Gasteiger partial charge in [0.25, 0.3) is 6.47 Å². The van der Waals surface area contributed by atoms with Crippen LogP contribution < -0.4 is 4.90 Å². The van der Waals surface area contributed by atoms with Gasteiger partial charge in [0.1, 0.15) is 0 Å². The Hall–Kier alpha value is -1.97. The van der Waals surface area contributed by atoms with Crippen LogP contribution >= 0.6 is 11.3 Å². The second-order valence-corrected chi connectivity index (χ2v) is 8.95. The number of allylic oxidation sites excluding steroid dienone is 1. The number of thiazole rings is 1. The number of hydrogen-bond donors (Lipinski definition) is 1. The minimum atomic E-state index is -0.250. The van der Waals surface area contributed by atoms with Crippen LogP contribution in [0.4, 0.5) is 5.13 Å². The van der Waals surface area contributed by atoms with E-state index >= 15 is 0 Å². The molecule has 0 spiro atoms. The van der Waals surface area contributed by atoms with Crippen molar-refractivity contribution in [2.24, 2.45) is 23.7 Å². The Kier molecular flexibility index (Phi) is 8.24. The molecule has 3 heterocycles. The molecule has 0 unspecified atom stereocenters. The highest BCUT2D eigenvalue weighted by Gasteiger charge is 2.44. The van der Waals surface area contributed by atoms with E-state index in [1.807, 2.05) is 13.1 Å². The van der Waals surface area contributed by atoms with Gasteiger partial charge in [0.15, 0.2) is 5.13 Å². The molecule has 1 aromatic heterocycles. The number of carbonyl (C=O) groups excluding carboxylic acids is 1. The third-order valence-electron chi connectivity index (χ3n) is 5.94. The van der Waals surface area contributed by atoms with Crippen LogP contribution in [-0.2, 0) is 25.6 Å². The number of likely N-dealkylation sites (tertiary alicyclic amines) is 1. The number of hydrogen-bond acceptors (Lipinski definition) is 8. The minimum absolute atomic E-state index is 0.0182. The SMILES string of the molecule is CCOC(=O)[C@H]1[C@@H]2CN(Cc3cnc(N4CCOCC4)s3)C[C@@H]2C=C[C@@H]1C.O=CO. The highest BCUT2D eigenvalue weighted by Crippen LogP contribution is 2.40. The number of carboxylic acid groups (broad SMARTS) is 1. The first-order chi connectivity index (χ1) is 14.6.